The first-order chi connectivity index (χ1) is 7.52. The molecule has 0 saturated carbocycles. The van der Waals surface area contributed by atoms with Crippen molar-refractivity contribution < 1.29 is 18.3 Å². The lowest BCUT2D eigenvalue weighted by Crippen LogP contribution is -2.51. The lowest BCUT2D eigenvalue weighted by molar-refractivity contribution is -0.137. The van der Waals surface area contributed by atoms with E-state index in [0.29, 0.717) is 13.0 Å². The van der Waals surface area contributed by atoms with Gasteiger partial charge in [0, 0.05) is 24.5 Å². The predicted octanol–water partition coefficient (Wildman–Crippen LogP) is 0.157. The molecule has 1 atom stereocenters. The van der Waals surface area contributed by atoms with Crippen molar-refractivity contribution in [2.75, 3.05) is 12.8 Å². The van der Waals surface area contributed by atoms with E-state index in [1.165, 1.54) is 0 Å². The first-order valence-corrected chi connectivity index (χ1v) is 7.35. The average Bonchev–Trinajstić information content (AvgIpc) is 2.07. The topological polar surface area (TPSA) is 95.5 Å². The summed E-state index contributed by atoms with van der Waals surface area (Å²) in [6.07, 6.45) is 1.74. The van der Waals surface area contributed by atoms with E-state index in [2.05, 4.69) is 10.0 Å². The smallest absolute Gasteiger partial charge is 0.303 e. The van der Waals surface area contributed by atoms with E-state index in [9.17, 15) is 13.2 Å². The normalized spacial score (nSPS) is 14.6. The van der Waals surface area contributed by atoms with Crippen LogP contribution in [0.1, 0.15) is 33.6 Å². The van der Waals surface area contributed by atoms with Crippen molar-refractivity contribution in [2.24, 2.45) is 0 Å². The van der Waals surface area contributed by atoms with Gasteiger partial charge in [-0.2, -0.15) is 0 Å². The summed E-state index contributed by atoms with van der Waals surface area (Å²) in [6.45, 7) is 5.86. The van der Waals surface area contributed by atoms with Crippen LogP contribution in [0.25, 0.3) is 0 Å². The Kier molecular flexibility index (Phi) is 6.08. The van der Waals surface area contributed by atoms with Crippen molar-refractivity contribution in [1.29, 1.82) is 0 Å². The van der Waals surface area contributed by atoms with Crippen LogP contribution in [0.3, 0.4) is 0 Å². The van der Waals surface area contributed by atoms with Crippen LogP contribution in [0.5, 0.6) is 0 Å². The summed E-state index contributed by atoms with van der Waals surface area (Å²) in [5.74, 6) is -0.827. The number of hydrogen-bond acceptors (Lipinski definition) is 4. The molecular formula is C10H22N2O4S. The minimum absolute atomic E-state index is 0.0340. The van der Waals surface area contributed by atoms with Gasteiger partial charge in [0.1, 0.15) is 0 Å². The second-order valence-electron chi connectivity index (χ2n) is 4.97. The van der Waals surface area contributed by atoms with Gasteiger partial charge >= 0.3 is 5.97 Å². The Hall–Kier alpha value is -0.660. The van der Waals surface area contributed by atoms with Gasteiger partial charge in [0.2, 0.25) is 10.0 Å². The van der Waals surface area contributed by atoms with Crippen LogP contribution in [-0.2, 0) is 14.8 Å². The Morgan fingerprint density at radius 2 is 1.94 bits per heavy atom. The molecule has 0 heterocycles. The van der Waals surface area contributed by atoms with Crippen LogP contribution >= 0.6 is 0 Å². The highest BCUT2D eigenvalue weighted by atomic mass is 32.2. The third-order valence-electron chi connectivity index (χ3n) is 2.15. The van der Waals surface area contributed by atoms with Gasteiger partial charge in [-0.3, -0.25) is 4.79 Å². The maximum Gasteiger partial charge on any atom is 0.303 e. The first kappa shape index (κ1) is 16.3. The van der Waals surface area contributed by atoms with Gasteiger partial charge in [-0.1, -0.05) is 0 Å². The van der Waals surface area contributed by atoms with Gasteiger partial charge in [0.05, 0.1) is 6.26 Å². The molecule has 17 heavy (non-hydrogen) atoms. The molecule has 0 aliphatic rings. The molecule has 0 aromatic rings. The molecule has 3 N–H and O–H groups in total. The molecular weight excluding hydrogens is 244 g/mol. The lowest BCUT2D eigenvalue weighted by Gasteiger charge is -2.27. The van der Waals surface area contributed by atoms with Crippen LogP contribution in [0.2, 0.25) is 0 Å². The second-order valence-corrected chi connectivity index (χ2v) is 6.72. The summed E-state index contributed by atoms with van der Waals surface area (Å²) in [4.78, 5) is 10.4. The molecule has 1 unspecified atom stereocenters. The fourth-order valence-corrected chi connectivity index (χ4v) is 2.49. The number of sulfonamides is 1. The molecule has 0 aromatic carbocycles. The van der Waals surface area contributed by atoms with Gasteiger partial charge in [-0.15, -0.1) is 0 Å². The van der Waals surface area contributed by atoms with Crippen LogP contribution in [0.15, 0.2) is 0 Å². The third-order valence-corrected chi connectivity index (χ3v) is 3.07. The molecule has 0 amide bonds. The van der Waals surface area contributed by atoms with Crippen molar-refractivity contribution in [2.45, 2.75) is 45.2 Å². The van der Waals surface area contributed by atoms with Crippen LogP contribution < -0.4 is 10.0 Å². The number of rotatable bonds is 8. The summed E-state index contributed by atoms with van der Waals surface area (Å²) >= 11 is 0. The molecule has 0 spiro atoms. The SMILES string of the molecule is CC(CCC(=O)O)NCC(C)(C)NS(C)(=O)=O. The summed E-state index contributed by atoms with van der Waals surface area (Å²) in [5, 5.41) is 11.6. The molecule has 102 valence electrons. The molecule has 0 saturated heterocycles. The zero-order valence-electron chi connectivity index (χ0n) is 10.8. The lowest BCUT2D eigenvalue weighted by atomic mass is 10.1. The number of carbonyl (C=O) groups is 1. The maximum atomic E-state index is 11.1. The van der Waals surface area contributed by atoms with Crippen molar-refractivity contribution in [1.82, 2.24) is 10.0 Å². The Balaban J connectivity index is 4.05. The van der Waals surface area contributed by atoms with E-state index in [0.717, 1.165) is 6.26 Å². The Morgan fingerprint density at radius 3 is 2.35 bits per heavy atom. The fraction of sp³-hybridized carbons (Fsp3) is 0.900. The Morgan fingerprint density at radius 1 is 1.41 bits per heavy atom. The highest BCUT2D eigenvalue weighted by Crippen LogP contribution is 2.04. The van der Waals surface area contributed by atoms with E-state index in [-0.39, 0.29) is 12.5 Å². The van der Waals surface area contributed by atoms with Gasteiger partial charge in [0.15, 0.2) is 0 Å². The van der Waals surface area contributed by atoms with Gasteiger partial charge in [0.25, 0.3) is 0 Å². The molecule has 0 radical (unpaired) electrons. The fourth-order valence-electron chi connectivity index (χ4n) is 1.41. The summed E-state index contributed by atoms with van der Waals surface area (Å²) in [5.41, 5.74) is -0.592. The second kappa shape index (κ2) is 6.32. The Bertz CT molecular complexity index is 351. The van der Waals surface area contributed by atoms with Crippen molar-refractivity contribution in [3.8, 4) is 0 Å². The third kappa shape index (κ3) is 10.2. The standard InChI is InChI=1S/C10H22N2O4S/c1-8(5-6-9(13)14)11-7-10(2,3)12-17(4,15)16/h8,11-12H,5-7H2,1-4H3,(H,13,14). The molecule has 0 aliphatic heterocycles. The van der Waals surface area contributed by atoms with Crippen molar-refractivity contribution in [3.05, 3.63) is 0 Å². The monoisotopic (exact) mass is 266 g/mol. The predicted molar refractivity (Wildman–Crippen MR) is 66.4 cm³/mol. The highest BCUT2D eigenvalue weighted by Gasteiger charge is 2.22. The largest absolute Gasteiger partial charge is 0.481 e. The molecule has 7 heteroatoms. The summed E-state index contributed by atoms with van der Waals surface area (Å²) in [7, 11) is -3.24. The number of hydrogen-bond donors (Lipinski definition) is 3. The van der Waals surface area contributed by atoms with E-state index >= 15 is 0 Å². The summed E-state index contributed by atoms with van der Waals surface area (Å²) < 4.78 is 24.7. The Labute approximate surface area is 103 Å². The van der Waals surface area contributed by atoms with E-state index in [1.54, 1.807) is 13.8 Å². The first-order valence-electron chi connectivity index (χ1n) is 5.46. The number of carboxylic acids is 1. The quantitative estimate of drug-likeness (QED) is 0.581. The van der Waals surface area contributed by atoms with Gasteiger partial charge < -0.3 is 10.4 Å². The van der Waals surface area contributed by atoms with Crippen molar-refractivity contribution in [3.63, 3.8) is 0 Å². The molecule has 6 nitrogen and oxygen atoms in total. The van der Waals surface area contributed by atoms with E-state index < -0.39 is 21.5 Å². The van der Waals surface area contributed by atoms with Gasteiger partial charge in [-0.25, -0.2) is 13.1 Å². The van der Waals surface area contributed by atoms with Gasteiger partial charge in [-0.05, 0) is 27.2 Å². The number of nitrogens with one attached hydrogen (secondary N) is 2. The van der Waals surface area contributed by atoms with Crippen LogP contribution in [-0.4, -0.2) is 43.9 Å². The zero-order chi connectivity index (χ0) is 13.7. The minimum atomic E-state index is -3.24. The van der Waals surface area contributed by atoms with Crippen LogP contribution in [0, 0.1) is 0 Å². The molecule has 0 aliphatic carbocycles. The highest BCUT2D eigenvalue weighted by molar-refractivity contribution is 7.88. The average molecular weight is 266 g/mol. The molecule has 0 rings (SSSR count). The molecule has 0 bridgehead atoms. The molecule has 0 fully saturated rings. The van der Waals surface area contributed by atoms with E-state index in [1.807, 2.05) is 6.92 Å². The maximum absolute atomic E-state index is 11.1. The molecule has 0 aromatic heterocycles. The number of carboxylic acid groups (broad SMARTS) is 1. The van der Waals surface area contributed by atoms with Crippen LogP contribution in [0.4, 0.5) is 0 Å². The van der Waals surface area contributed by atoms with E-state index in [4.69, 9.17) is 5.11 Å². The summed E-state index contributed by atoms with van der Waals surface area (Å²) in [6, 6.07) is 0.0340. The minimum Gasteiger partial charge on any atom is -0.481 e. The number of aliphatic carboxylic acids is 1. The van der Waals surface area contributed by atoms with Crippen molar-refractivity contribution >= 4 is 16.0 Å². The zero-order valence-corrected chi connectivity index (χ0v) is 11.6.